The Bertz CT molecular complexity index is 116. The minimum Gasteiger partial charge on any atom is -0.401 e. The molecular weight excluding hydrogens is 126 g/mol. The quantitative estimate of drug-likeness (QED) is 0.537. The van der Waals surface area contributed by atoms with Gasteiger partial charge in [-0.05, 0) is 0 Å². The Morgan fingerprint density at radius 2 is 2.10 bits per heavy atom. The molecule has 58 valence electrons. The van der Waals surface area contributed by atoms with Gasteiger partial charge in [-0.1, -0.05) is 6.58 Å². The van der Waals surface area contributed by atoms with Crippen LogP contribution in [0.2, 0.25) is 0 Å². The van der Waals surface area contributed by atoms with E-state index in [0.717, 1.165) is 38.4 Å². The molecule has 0 aromatic heterocycles. The lowest BCUT2D eigenvalue weighted by atomic mass is 10.3. The molecule has 0 amide bonds. The first-order valence-electron chi connectivity index (χ1n) is 3.65. The second-order valence-corrected chi connectivity index (χ2v) is 2.68. The lowest BCUT2D eigenvalue weighted by Crippen LogP contribution is -2.44. The standard InChI is InChI=1S/C7H15N3/c1-7(8)6-10-4-2-9-3-5-10/h9H,1-6,8H2. The molecule has 10 heavy (non-hydrogen) atoms. The number of nitrogens with two attached hydrogens (primary N) is 1. The molecule has 1 rings (SSSR count). The average molecular weight is 141 g/mol. The van der Waals surface area contributed by atoms with E-state index >= 15 is 0 Å². The molecule has 1 fully saturated rings. The number of piperazine rings is 1. The van der Waals surface area contributed by atoms with Crippen LogP contribution in [0.25, 0.3) is 0 Å². The van der Waals surface area contributed by atoms with Gasteiger partial charge in [0.2, 0.25) is 0 Å². The highest BCUT2D eigenvalue weighted by molar-refractivity contribution is 4.90. The fourth-order valence-electron chi connectivity index (χ4n) is 1.16. The third kappa shape index (κ3) is 2.37. The normalized spacial score (nSPS) is 20.8. The highest BCUT2D eigenvalue weighted by Crippen LogP contribution is 1.93. The van der Waals surface area contributed by atoms with Crippen molar-refractivity contribution in [2.24, 2.45) is 5.73 Å². The zero-order chi connectivity index (χ0) is 7.40. The minimum atomic E-state index is 0.766. The van der Waals surface area contributed by atoms with Crippen LogP contribution in [0.15, 0.2) is 12.3 Å². The SMILES string of the molecule is C=C(N)CN1CCNCC1. The topological polar surface area (TPSA) is 41.3 Å². The Morgan fingerprint density at radius 3 is 2.60 bits per heavy atom. The van der Waals surface area contributed by atoms with Crippen molar-refractivity contribution in [2.45, 2.75) is 0 Å². The van der Waals surface area contributed by atoms with Gasteiger partial charge in [-0.3, -0.25) is 4.90 Å². The lowest BCUT2D eigenvalue weighted by Gasteiger charge is -2.26. The van der Waals surface area contributed by atoms with Crippen molar-refractivity contribution in [3.8, 4) is 0 Å². The van der Waals surface area contributed by atoms with Crippen molar-refractivity contribution in [3.05, 3.63) is 12.3 Å². The zero-order valence-electron chi connectivity index (χ0n) is 6.27. The molecule has 0 spiro atoms. The lowest BCUT2D eigenvalue weighted by molar-refractivity contribution is 0.259. The first-order chi connectivity index (χ1) is 4.79. The summed E-state index contributed by atoms with van der Waals surface area (Å²) in [6, 6.07) is 0. The summed E-state index contributed by atoms with van der Waals surface area (Å²) in [7, 11) is 0. The van der Waals surface area contributed by atoms with Crippen molar-refractivity contribution in [3.63, 3.8) is 0 Å². The van der Waals surface area contributed by atoms with Crippen LogP contribution >= 0.6 is 0 Å². The molecule has 1 saturated heterocycles. The maximum atomic E-state index is 5.47. The first kappa shape index (κ1) is 7.57. The Kier molecular flexibility index (Phi) is 2.71. The van der Waals surface area contributed by atoms with Gasteiger partial charge in [0, 0.05) is 38.4 Å². The first-order valence-corrected chi connectivity index (χ1v) is 3.65. The van der Waals surface area contributed by atoms with E-state index in [2.05, 4.69) is 16.8 Å². The van der Waals surface area contributed by atoms with Crippen LogP contribution in [0.3, 0.4) is 0 Å². The Morgan fingerprint density at radius 1 is 1.50 bits per heavy atom. The van der Waals surface area contributed by atoms with Crippen LogP contribution < -0.4 is 11.1 Å². The van der Waals surface area contributed by atoms with Gasteiger partial charge in [-0.25, -0.2) is 0 Å². The van der Waals surface area contributed by atoms with Crippen molar-refractivity contribution in [2.75, 3.05) is 32.7 Å². The second kappa shape index (κ2) is 3.58. The summed E-state index contributed by atoms with van der Waals surface area (Å²) in [5.41, 5.74) is 6.23. The van der Waals surface area contributed by atoms with E-state index in [9.17, 15) is 0 Å². The molecule has 0 aromatic rings. The predicted octanol–water partition coefficient (Wildman–Crippen LogP) is -0.636. The smallest absolute Gasteiger partial charge is 0.0374 e. The molecule has 0 unspecified atom stereocenters. The summed E-state index contributed by atoms with van der Waals surface area (Å²) >= 11 is 0. The van der Waals surface area contributed by atoms with Crippen LogP contribution in [0.4, 0.5) is 0 Å². The number of hydrogen-bond donors (Lipinski definition) is 2. The molecule has 0 atom stereocenters. The maximum Gasteiger partial charge on any atom is 0.0374 e. The maximum absolute atomic E-state index is 5.47. The molecule has 0 bridgehead atoms. The van der Waals surface area contributed by atoms with Gasteiger partial charge in [-0.2, -0.15) is 0 Å². The largest absolute Gasteiger partial charge is 0.401 e. The third-order valence-corrected chi connectivity index (χ3v) is 1.64. The molecule has 0 aliphatic carbocycles. The van der Waals surface area contributed by atoms with Crippen molar-refractivity contribution >= 4 is 0 Å². The van der Waals surface area contributed by atoms with Crippen LogP contribution in [0.5, 0.6) is 0 Å². The van der Waals surface area contributed by atoms with Gasteiger partial charge in [0.25, 0.3) is 0 Å². The fraction of sp³-hybridized carbons (Fsp3) is 0.714. The van der Waals surface area contributed by atoms with Crippen LogP contribution in [-0.4, -0.2) is 37.6 Å². The molecule has 1 aliphatic heterocycles. The van der Waals surface area contributed by atoms with E-state index in [1.54, 1.807) is 0 Å². The molecule has 1 heterocycles. The highest BCUT2D eigenvalue weighted by atomic mass is 15.2. The summed E-state index contributed by atoms with van der Waals surface area (Å²) in [4.78, 5) is 2.30. The third-order valence-electron chi connectivity index (χ3n) is 1.64. The van der Waals surface area contributed by atoms with Gasteiger partial charge in [-0.15, -0.1) is 0 Å². The van der Waals surface area contributed by atoms with E-state index in [1.807, 2.05) is 0 Å². The molecular formula is C7H15N3. The van der Waals surface area contributed by atoms with Crippen LogP contribution in [0.1, 0.15) is 0 Å². The van der Waals surface area contributed by atoms with E-state index < -0.39 is 0 Å². The van der Waals surface area contributed by atoms with Gasteiger partial charge < -0.3 is 11.1 Å². The average Bonchev–Trinajstić information content (AvgIpc) is 1.88. The van der Waals surface area contributed by atoms with E-state index in [-0.39, 0.29) is 0 Å². The Hall–Kier alpha value is -0.540. The van der Waals surface area contributed by atoms with Crippen molar-refractivity contribution in [1.29, 1.82) is 0 Å². The Labute approximate surface area is 61.9 Å². The van der Waals surface area contributed by atoms with E-state index in [1.165, 1.54) is 0 Å². The van der Waals surface area contributed by atoms with Gasteiger partial charge >= 0.3 is 0 Å². The molecule has 3 heteroatoms. The summed E-state index contributed by atoms with van der Waals surface area (Å²) in [6.07, 6.45) is 0. The monoisotopic (exact) mass is 141 g/mol. The number of nitrogens with one attached hydrogen (secondary N) is 1. The molecule has 3 N–H and O–H groups in total. The van der Waals surface area contributed by atoms with E-state index in [4.69, 9.17) is 5.73 Å². The molecule has 0 saturated carbocycles. The summed E-state index contributed by atoms with van der Waals surface area (Å²) in [5.74, 6) is 0. The van der Waals surface area contributed by atoms with Gasteiger partial charge in [0.05, 0.1) is 0 Å². The Balaban J connectivity index is 2.19. The van der Waals surface area contributed by atoms with Gasteiger partial charge in [0.1, 0.15) is 0 Å². The second-order valence-electron chi connectivity index (χ2n) is 2.68. The number of nitrogens with zero attached hydrogens (tertiary/aromatic N) is 1. The highest BCUT2D eigenvalue weighted by Gasteiger charge is 2.08. The molecule has 1 aliphatic rings. The summed E-state index contributed by atoms with van der Waals surface area (Å²) in [6.45, 7) is 8.85. The number of rotatable bonds is 2. The summed E-state index contributed by atoms with van der Waals surface area (Å²) < 4.78 is 0. The fourth-order valence-corrected chi connectivity index (χ4v) is 1.16. The van der Waals surface area contributed by atoms with Crippen LogP contribution in [-0.2, 0) is 0 Å². The predicted molar refractivity (Wildman–Crippen MR) is 42.6 cm³/mol. The zero-order valence-corrected chi connectivity index (χ0v) is 6.27. The molecule has 0 radical (unpaired) electrons. The summed E-state index contributed by atoms with van der Waals surface area (Å²) in [5, 5.41) is 3.28. The minimum absolute atomic E-state index is 0.766. The van der Waals surface area contributed by atoms with Crippen LogP contribution in [0, 0.1) is 0 Å². The number of hydrogen-bond acceptors (Lipinski definition) is 3. The van der Waals surface area contributed by atoms with E-state index in [0.29, 0.717) is 0 Å². The molecule has 0 aromatic carbocycles. The van der Waals surface area contributed by atoms with Gasteiger partial charge in [0.15, 0.2) is 0 Å². The van der Waals surface area contributed by atoms with Crippen molar-refractivity contribution in [1.82, 2.24) is 10.2 Å². The van der Waals surface area contributed by atoms with Crippen molar-refractivity contribution < 1.29 is 0 Å². The molecule has 3 nitrogen and oxygen atoms in total.